The van der Waals surface area contributed by atoms with E-state index in [1.165, 1.54) is 10.3 Å². The Morgan fingerprint density at radius 1 is 1.42 bits per heavy atom. The van der Waals surface area contributed by atoms with Gasteiger partial charge in [-0.15, -0.1) is 22.7 Å². The van der Waals surface area contributed by atoms with Crippen LogP contribution in [-0.2, 0) is 6.42 Å². The number of amides is 1. The summed E-state index contributed by atoms with van der Waals surface area (Å²) in [7, 11) is 1.69. The third-order valence-electron chi connectivity index (χ3n) is 2.53. The lowest BCUT2D eigenvalue weighted by Crippen LogP contribution is -2.28. The summed E-state index contributed by atoms with van der Waals surface area (Å²) >= 11 is 2.71. The third kappa shape index (κ3) is 3.39. The quantitative estimate of drug-likeness (QED) is 0.918. The summed E-state index contributed by atoms with van der Waals surface area (Å²) in [4.78, 5) is 29.3. The van der Waals surface area contributed by atoms with E-state index in [1.54, 1.807) is 23.3 Å². The van der Waals surface area contributed by atoms with E-state index in [9.17, 15) is 9.59 Å². The maximum atomic E-state index is 12.0. The molecule has 1 amide bonds. The standard InChI is InChI=1S/C12H12N2O3S2/c1-14(5-4-8-3-2-6-18-8)11(15)10-13-9(7-19-10)12(16)17/h2-3,6-7H,4-5H2,1H3,(H,16,17). The molecule has 0 saturated heterocycles. The number of likely N-dealkylation sites (N-methyl/N-ethyl adjacent to an activating group) is 1. The van der Waals surface area contributed by atoms with Crippen molar-refractivity contribution in [2.24, 2.45) is 0 Å². The van der Waals surface area contributed by atoms with Gasteiger partial charge in [-0.2, -0.15) is 0 Å². The molecule has 0 radical (unpaired) electrons. The first-order chi connectivity index (χ1) is 9.08. The Bertz CT molecular complexity index is 578. The topological polar surface area (TPSA) is 70.5 Å². The number of hydrogen-bond donors (Lipinski definition) is 1. The molecular formula is C12H12N2O3S2. The van der Waals surface area contributed by atoms with Gasteiger partial charge in [-0.3, -0.25) is 4.79 Å². The van der Waals surface area contributed by atoms with Gasteiger partial charge in [0.1, 0.15) is 0 Å². The fraction of sp³-hybridized carbons (Fsp3) is 0.250. The normalized spacial score (nSPS) is 10.4. The fourth-order valence-electron chi connectivity index (χ4n) is 1.47. The highest BCUT2D eigenvalue weighted by Gasteiger charge is 2.18. The lowest BCUT2D eigenvalue weighted by molar-refractivity contribution is 0.0691. The highest BCUT2D eigenvalue weighted by Crippen LogP contribution is 2.13. The molecular weight excluding hydrogens is 284 g/mol. The first-order valence-electron chi connectivity index (χ1n) is 5.54. The molecule has 19 heavy (non-hydrogen) atoms. The van der Waals surface area contributed by atoms with E-state index in [-0.39, 0.29) is 16.6 Å². The molecule has 7 heteroatoms. The molecule has 0 aliphatic rings. The van der Waals surface area contributed by atoms with Crippen LogP contribution in [0, 0.1) is 0 Å². The van der Waals surface area contributed by atoms with Gasteiger partial charge in [-0.1, -0.05) is 6.07 Å². The second-order valence-corrected chi connectivity index (χ2v) is 5.79. The van der Waals surface area contributed by atoms with Crippen LogP contribution >= 0.6 is 22.7 Å². The van der Waals surface area contributed by atoms with E-state index in [0.29, 0.717) is 6.54 Å². The highest BCUT2D eigenvalue weighted by molar-refractivity contribution is 7.11. The molecule has 0 atom stereocenters. The zero-order chi connectivity index (χ0) is 13.8. The number of thiazole rings is 1. The Labute approximate surface area is 118 Å². The minimum atomic E-state index is -1.11. The van der Waals surface area contributed by atoms with Crippen molar-refractivity contribution in [1.29, 1.82) is 0 Å². The molecule has 1 N–H and O–H groups in total. The van der Waals surface area contributed by atoms with E-state index >= 15 is 0 Å². The van der Waals surface area contributed by atoms with Crippen molar-refractivity contribution in [2.45, 2.75) is 6.42 Å². The third-order valence-corrected chi connectivity index (χ3v) is 4.29. The Morgan fingerprint density at radius 2 is 2.21 bits per heavy atom. The predicted octanol–water partition coefficient (Wildman–Crippen LogP) is 2.22. The Hall–Kier alpha value is -1.73. The summed E-state index contributed by atoms with van der Waals surface area (Å²) in [5.74, 6) is -1.36. The van der Waals surface area contributed by atoms with Gasteiger partial charge < -0.3 is 10.0 Å². The summed E-state index contributed by atoms with van der Waals surface area (Å²) in [6.45, 7) is 0.585. The largest absolute Gasteiger partial charge is 0.476 e. The number of carbonyl (C=O) groups excluding carboxylic acids is 1. The van der Waals surface area contributed by atoms with Crippen molar-refractivity contribution in [1.82, 2.24) is 9.88 Å². The van der Waals surface area contributed by atoms with Crippen LogP contribution < -0.4 is 0 Å². The lowest BCUT2D eigenvalue weighted by atomic mass is 10.3. The number of rotatable bonds is 5. The Balaban J connectivity index is 1.96. The maximum Gasteiger partial charge on any atom is 0.355 e. The van der Waals surface area contributed by atoms with Crippen LogP contribution in [0.25, 0.3) is 0 Å². The molecule has 0 spiro atoms. The smallest absolute Gasteiger partial charge is 0.355 e. The number of hydrogen-bond acceptors (Lipinski definition) is 5. The molecule has 2 aromatic rings. The molecule has 2 rings (SSSR count). The number of aromatic carboxylic acids is 1. The fourth-order valence-corrected chi connectivity index (χ4v) is 2.95. The van der Waals surface area contributed by atoms with E-state index in [2.05, 4.69) is 4.98 Å². The zero-order valence-corrected chi connectivity index (χ0v) is 11.8. The maximum absolute atomic E-state index is 12.0. The molecule has 5 nitrogen and oxygen atoms in total. The van der Waals surface area contributed by atoms with Crippen molar-refractivity contribution in [2.75, 3.05) is 13.6 Å². The van der Waals surface area contributed by atoms with Gasteiger partial charge in [0.05, 0.1) is 0 Å². The molecule has 0 fully saturated rings. The molecule has 0 aliphatic heterocycles. The Morgan fingerprint density at radius 3 is 2.79 bits per heavy atom. The van der Waals surface area contributed by atoms with Crippen LogP contribution in [-0.4, -0.2) is 40.5 Å². The average Bonchev–Trinajstić information content (AvgIpc) is 3.05. The molecule has 0 aliphatic carbocycles. The number of aromatic nitrogens is 1. The second kappa shape index (κ2) is 5.94. The van der Waals surface area contributed by atoms with Crippen LogP contribution in [0.4, 0.5) is 0 Å². The molecule has 100 valence electrons. The van der Waals surface area contributed by atoms with Gasteiger partial charge >= 0.3 is 5.97 Å². The molecule has 0 saturated carbocycles. The molecule has 0 bridgehead atoms. The first kappa shape index (κ1) is 13.7. The van der Waals surface area contributed by atoms with Crippen LogP contribution in [0.3, 0.4) is 0 Å². The van der Waals surface area contributed by atoms with E-state index in [1.807, 2.05) is 17.5 Å². The number of carboxylic acid groups (broad SMARTS) is 1. The van der Waals surface area contributed by atoms with E-state index < -0.39 is 5.97 Å². The van der Waals surface area contributed by atoms with Gasteiger partial charge in [-0.25, -0.2) is 9.78 Å². The molecule has 2 aromatic heterocycles. The molecule has 0 unspecified atom stereocenters. The van der Waals surface area contributed by atoms with Gasteiger partial charge in [-0.05, 0) is 17.9 Å². The Kier molecular flexibility index (Phi) is 4.28. The number of carbonyl (C=O) groups is 2. The summed E-state index contributed by atoms with van der Waals surface area (Å²) in [6, 6.07) is 4.00. The summed E-state index contributed by atoms with van der Waals surface area (Å²) in [5, 5.41) is 12.4. The van der Waals surface area contributed by atoms with Crippen molar-refractivity contribution < 1.29 is 14.7 Å². The van der Waals surface area contributed by atoms with Crippen LogP contribution in [0.1, 0.15) is 25.2 Å². The number of nitrogens with zero attached hydrogens (tertiary/aromatic N) is 2. The van der Waals surface area contributed by atoms with Crippen molar-refractivity contribution in [3.8, 4) is 0 Å². The predicted molar refractivity (Wildman–Crippen MR) is 74.1 cm³/mol. The number of thiophene rings is 1. The van der Waals surface area contributed by atoms with Crippen molar-refractivity contribution >= 4 is 34.6 Å². The minimum absolute atomic E-state index is 0.0833. The number of carboxylic acids is 1. The minimum Gasteiger partial charge on any atom is -0.476 e. The van der Waals surface area contributed by atoms with Gasteiger partial charge in [0.25, 0.3) is 5.91 Å². The van der Waals surface area contributed by atoms with E-state index in [4.69, 9.17) is 5.11 Å². The second-order valence-electron chi connectivity index (χ2n) is 3.90. The van der Waals surface area contributed by atoms with Crippen LogP contribution in [0.15, 0.2) is 22.9 Å². The van der Waals surface area contributed by atoms with E-state index in [0.717, 1.165) is 17.8 Å². The highest BCUT2D eigenvalue weighted by atomic mass is 32.1. The summed E-state index contributed by atoms with van der Waals surface area (Å²) in [5.41, 5.74) is -0.0833. The zero-order valence-electron chi connectivity index (χ0n) is 10.2. The van der Waals surface area contributed by atoms with Crippen LogP contribution in [0.5, 0.6) is 0 Å². The molecule has 0 aromatic carbocycles. The average molecular weight is 296 g/mol. The van der Waals surface area contributed by atoms with Crippen molar-refractivity contribution in [3.05, 3.63) is 38.5 Å². The van der Waals surface area contributed by atoms with Gasteiger partial charge in [0.15, 0.2) is 10.7 Å². The first-order valence-corrected chi connectivity index (χ1v) is 7.30. The van der Waals surface area contributed by atoms with Gasteiger partial charge in [0.2, 0.25) is 0 Å². The SMILES string of the molecule is CN(CCc1cccs1)C(=O)c1nc(C(=O)O)cs1. The lowest BCUT2D eigenvalue weighted by Gasteiger charge is -2.14. The summed E-state index contributed by atoms with van der Waals surface area (Å²) in [6.07, 6.45) is 0.789. The van der Waals surface area contributed by atoms with Crippen LogP contribution in [0.2, 0.25) is 0 Å². The van der Waals surface area contributed by atoms with Gasteiger partial charge in [0, 0.05) is 23.8 Å². The molecule has 2 heterocycles. The summed E-state index contributed by atoms with van der Waals surface area (Å²) < 4.78 is 0. The van der Waals surface area contributed by atoms with Crippen molar-refractivity contribution in [3.63, 3.8) is 0 Å². The monoisotopic (exact) mass is 296 g/mol.